The fourth-order valence-corrected chi connectivity index (χ4v) is 2.23. The van der Waals surface area contributed by atoms with Gasteiger partial charge in [0, 0.05) is 6.04 Å². The van der Waals surface area contributed by atoms with Crippen LogP contribution in [-0.2, 0) is 6.42 Å². The number of urea groups is 1. The lowest BCUT2D eigenvalue weighted by Crippen LogP contribution is -2.47. The van der Waals surface area contributed by atoms with Gasteiger partial charge in [0.2, 0.25) is 0 Å². The van der Waals surface area contributed by atoms with E-state index < -0.39 is 0 Å². The molecule has 0 aromatic heterocycles. The Morgan fingerprint density at radius 3 is 2.84 bits per heavy atom. The predicted molar refractivity (Wildman–Crippen MR) is 70.7 cm³/mol. The molecule has 1 saturated carbocycles. The molecule has 1 fully saturated rings. The second kappa shape index (κ2) is 4.99. The molecule has 0 bridgehead atoms. The third kappa shape index (κ3) is 2.92. The lowest BCUT2D eigenvalue weighted by atomic mass is 10.0. The molecule has 1 aliphatic carbocycles. The summed E-state index contributed by atoms with van der Waals surface area (Å²) in [7, 11) is 1.64. The molecule has 0 radical (unpaired) electrons. The zero-order chi connectivity index (χ0) is 13.2. The summed E-state index contributed by atoms with van der Waals surface area (Å²) in [5.74, 6) is 1.69. The van der Waals surface area contributed by atoms with Gasteiger partial charge < -0.3 is 20.1 Å². The lowest BCUT2D eigenvalue weighted by molar-refractivity contribution is 0.214. The Bertz CT molecular complexity index is 486. The van der Waals surface area contributed by atoms with Crippen LogP contribution in [0.1, 0.15) is 18.4 Å². The van der Waals surface area contributed by atoms with Crippen molar-refractivity contribution in [3.8, 4) is 11.5 Å². The minimum absolute atomic E-state index is 0.0124. The molecule has 5 heteroatoms. The van der Waals surface area contributed by atoms with E-state index in [1.165, 1.54) is 0 Å². The van der Waals surface area contributed by atoms with E-state index in [4.69, 9.17) is 9.47 Å². The van der Waals surface area contributed by atoms with Crippen LogP contribution in [0.25, 0.3) is 0 Å². The summed E-state index contributed by atoms with van der Waals surface area (Å²) in [5, 5.41) is 5.87. The Balaban J connectivity index is 1.61. The van der Waals surface area contributed by atoms with Gasteiger partial charge in [0.25, 0.3) is 0 Å². The van der Waals surface area contributed by atoms with Crippen LogP contribution in [-0.4, -0.2) is 31.8 Å². The Morgan fingerprint density at radius 2 is 2.11 bits per heavy atom. The van der Waals surface area contributed by atoms with Crippen molar-refractivity contribution in [2.24, 2.45) is 0 Å². The van der Waals surface area contributed by atoms with E-state index in [2.05, 4.69) is 10.6 Å². The van der Waals surface area contributed by atoms with Crippen LogP contribution >= 0.6 is 0 Å². The fraction of sp³-hybridized carbons (Fsp3) is 0.500. The summed E-state index contributed by atoms with van der Waals surface area (Å²) in [6.45, 7) is 0.511. The zero-order valence-electron chi connectivity index (χ0n) is 10.9. The third-order valence-electron chi connectivity index (χ3n) is 3.42. The number of carbonyl (C=O) groups excluding carboxylic acids is 1. The monoisotopic (exact) mass is 262 g/mol. The summed E-state index contributed by atoms with van der Waals surface area (Å²) in [5.41, 5.74) is 1.07. The molecule has 2 aliphatic rings. The van der Waals surface area contributed by atoms with Gasteiger partial charge in [-0.3, -0.25) is 0 Å². The first kappa shape index (κ1) is 12.1. The number of carbonyl (C=O) groups is 1. The fourth-order valence-electron chi connectivity index (χ4n) is 2.23. The molecule has 102 valence electrons. The molecule has 1 heterocycles. The number of fused-ring (bicyclic) bond motifs is 1. The average Bonchev–Trinajstić information content (AvgIpc) is 3.21. The van der Waals surface area contributed by atoms with Gasteiger partial charge in [0.05, 0.1) is 13.2 Å². The van der Waals surface area contributed by atoms with E-state index in [1.54, 1.807) is 7.11 Å². The minimum atomic E-state index is -0.0950. The van der Waals surface area contributed by atoms with Crippen molar-refractivity contribution in [1.29, 1.82) is 0 Å². The average molecular weight is 262 g/mol. The Kier molecular flexibility index (Phi) is 3.19. The first-order valence-electron chi connectivity index (χ1n) is 6.61. The van der Waals surface area contributed by atoms with Crippen molar-refractivity contribution in [3.05, 3.63) is 23.8 Å². The third-order valence-corrected chi connectivity index (χ3v) is 3.42. The number of methoxy groups -OCH3 is 1. The molecule has 1 aliphatic heterocycles. The highest BCUT2D eigenvalue weighted by Crippen LogP contribution is 2.28. The normalized spacial score (nSPS) is 21.0. The van der Waals surface area contributed by atoms with Crippen LogP contribution < -0.4 is 20.1 Å². The molecule has 2 amide bonds. The summed E-state index contributed by atoms with van der Waals surface area (Å²) in [6, 6.07) is 6.04. The van der Waals surface area contributed by atoms with Gasteiger partial charge in [0.1, 0.15) is 18.1 Å². The molecule has 19 heavy (non-hydrogen) atoms. The van der Waals surface area contributed by atoms with Gasteiger partial charge in [0.15, 0.2) is 0 Å². The second-order valence-electron chi connectivity index (χ2n) is 5.08. The highest BCUT2D eigenvalue weighted by Gasteiger charge is 2.26. The summed E-state index contributed by atoms with van der Waals surface area (Å²) >= 11 is 0. The molecule has 1 aromatic rings. The van der Waals surface area contributed by atoms with Crippen LogP contribution in [0, 0.1) is 0 Å². The number of hydrogen-bond donors (Lipinski definition) is 2. The van der Waals surface area contributed by atoms with Crippen LogP contribution in [0.4, 0.5) is 4.79 Å². The van der Waals surface area contributed by atoms with E-state index in [0.717, 1.165) is 36.3 Å². The number of rotatable bonds is 3. The maximum atomic E-state index is 11.7. The number of nitrogens with one attached hydrogen (secondary N) is 2. The Morgan fingerprint density at radius 1 is 1.32 bits per heavy atom. The number of amides is 2. The molecule has 0 spiro atoms. The van der Waals surface area contributed by atoms with Gasteiger partial charge in [-0.05, 0) is 43.0 Å². The molecule has 0 saturated heterocycles. The van der Waals surface area contributed by atoms with Crippen molar-refractivity contribution < 1.29 is 14.3 Å². The number of benzene rings is 1. The van der Waals surface area contributed by atoms with E-state index in [0.29, 0.717) is 12.6 Å². The topological polar surface area (TPSA) is 59.6 Å². The van der Waals surface area contributed by atoms with Gasteiger partial charge in [-0.2, -0.15) is 0 Å². The van der Waals surface area contributed by atoms with E-state index in [-0.39, 0.29) is 12.1 Å². The molecule has 1 unspecified atom stereocenters. The van der Waals surface area contributed by atoms with Crippen LogP contribution in [0.5, 0.6) is 11.5 Å². The summed E-state index contributed by atoms with van der Waals surface area (Å²) in [4.78, 5) is 11.7. The quantitative estimate of drug-likeness (QED) is 0.867. The first-order chi connectivity index (χ1) is 9.24. The highest BCUT2D eigenvalue weighted by molar-refractivity contribution is 5.75. The Hall–Kier alpha value is -1.91. The summed E-state index contributed by atoms with van der Waals surface area (Å²) < 4.78 is 10.9. The van der Waals surface area contributed by atoms with Crippen molar-refractivity contribution in [1.82, 2.24) is 10.6 Å². The van der Waals surface area contributed by atoms with Crippen molar-refractivity contribution in [2.75, 3.05) is 13.7 Å². The maximum absolute atomic E-state index is 11.7. The lowest BCUT2D eigenvalue weighted by Gasteiger charge is -2.26. The molecule has 1 atom stereocenters. The zero-order valence-corrected chi connectivity index (χ0v) is 10.9. The molecule has 5 nitrogen and oxygen atoms in total. The predicted octanol–water partition coefficient (Wildman–Crippen LogP) is 1.46. The standard InChI is InChI=1S/C14H18N2O3/c1-18-12-4-5-13-9(7-12)6-11(8-19-13)16-14(17)15-10-2-3-10/h4-5,7,10-11H,2-3,6,8H2,1H3,(H2,15,16,17). The van der Waals surface area contributed by atoms with Crippen LogP contribution in [0.2, 0.25) is 0 Å². The van der Waals surface area contributed by atoms with Crippen molar-refractivity contribution >= 4 is 6.03 Å². The van der Waals surface area contributed by atoms with E-state index >= 15 is 0 Å². The van der Waals surface area contributed by atoms with Gasteiger partial charge in [-0.15, -0.1) is 0 Å². The molecule has 2 N–H and O–H groups in total. The Labute approximate surface area is 112 Å². The highest BCUT2D eigenvalue weighted by atomic mass is 16.5. The van der Waals surface area contributed by atoms with Crippen molar-refractivity contribution in [2.45, 2.75) is 31.3 Å². The summed E-state index contributed by atoms with van der Waals surface area (Å²) in [6.07, 6.45) is 2.95. The minimum Gasteiger partial charge on any atom is -0.497 e. The van der Waals surface area contributed by atoms with E-state index in [9.17, 15) is 4.79 Å². The number of hydrogen-bond acceptors (Lipinski definition) is 3. The molecular weight excluding hydrogens is 244 g/mol. The molecule has 3 rings (SSSR count). The molecular formula is C14H18N2O3. The largest absolute Gasteiger partial charge is 0.497 e. The maximum Gasteiger partial charge on any atom is 0.315 e. The number of ether oxygens (including phenoxy) is 2. The van der Waals surface area contributed by atoms with Gasteiger partial charge >= 0.3 is 6.03 Å². The van der Waals surface area contributed by atoms with Crippen molar-refractivity contribution in [3.63, 3.8) is 0 Å². The van der Waals surface area contributed by atoms with Crippen LogP contribution in [0.3, 0.4) is 0 Å². The second-order valence-corrected chi connectivity index (χ2v) is 5.08. The van der Waals surface area contributed by atoms with Crippen LogP contribution in [0.15, 0.2) is 18.2 Å². The van der Waals surface area contributed by atoms with E-state index in [1.807, 2.05) is 18.2 Å². The smallest absolute Gasteiger partial charge is 0.315 e. The SMILES string of the molecule is COc1ccc2c(c1)CC(NC(=O)NC1CC1)CO2. The van der Waals surface area contributed by atoms with Gasteiger partial charge in [-0.1, -0.05) is 0 Å². The first-order valence-corrected chi connectivity index (χ1v) is 6.61. The molecule has 1 aromatic carbocycles. The van der Waals surface area contributed by atoms with Gasteiger partial charge in [-0.25, -0.2) is 4.79 Å².